The van der Waals surface area contributed by atoms with Gasteiger partial charge in [-0.1, -0.05) is 106 Å². The largest absolute Gasteiger partial charge is 0.334 e. The first-order valence-electron chi connectivity index (χ1n) is 14.8. The van der Waals surface area contributed by atoms with E-state index in [4.69, 9.17) is 0 Å². The molecule has 1 heterocycles. The van der Waals surface area contributed by atoms with Gasteiger partial charge >= 0.3 is 0 Å². The summed E-state index contributed by atoms with van der Waals surface area (Å²) < 4.78 is 0. The maximum atomic E-state index is 2.73. The zero-order valence-electron chi connectivity index (χ0n) is 23.9. The fourth-order valence-electron chi connectivity index (χ4n) is 8.70. The van der Waals surface area contributed by atoms with Gasteiger partial charge in [-0.3, -0.25) is 0 Å². The molecule has 3 aliphatic rings. The lowest BCUT2D eigenvalue weighted by molar-refractivity contribution is 0.195. The van der Waals surface area contributed by atoms with Crippen molar-refractivity contribution in [3.8, 4) is 11.1 Å². The second-order valence-corrected chi connectivity index (χ2v) is 13.4. The summed E-state index contributed by atoms with van der Waals surface area (Å²) in [5, 5.41) is 5.38. The molecule has 0 saturated heterocycles. The maximum absolute atomic E-state index is 2.73. The standard InChI is InChI=1S/C38H37N/c1-24-12-19-34-33(22-24)37(4)20-8-9-21-38(37,5)39(34)26-14-16-30-32(23-26)36(2,3)31-18-17-28-27-11-7-6-10-25(27)13-15-29(28)35(30)31/h6-7,10-19,22-23H,8-9,20-21H2,1-5H3. The highest BCUT2D eigenvalue weighted by Gasteiger charge is 2.57. The molecule has 194 valence electrons. The van der Waals surface area contributed by atoms with Crippen molar-refractivity contribution in [2.75, 3.05) is 4.90 Å². The van der Waals surface area contributed by atoms with Crippen LogP contribution < -0.4 is 4.90 Å². The normalized spacial score (nSPS) is 24.5. The molecule has 1 aliphatic heterocycles. The van der Waals surface area contributed by atoms with E-state index in [9.17, 15) is 0 Å². The molecule has 0 radical (unpaired) electrons. The zero-order valence-corrected chi connectivity index (χ0v) is 23.9. The molecule has 0 spiro atoms. The maximum Gasteiger partial charge on any atom is 0.0517 e. The SMILES string of the molecule is Cc1ccc2c(c1)C1(C)CCCCC1(C)N2c1ccc2c(c1)C(C)(C)c1ccc3c(ccc4ccccc43)c1-2. The molecule has 1 fully saturated rings. The summed E-state index contributed by atoms with van der Waals surface area (Å²) in [6.07, 6.45) is 5.12. The molecule has 2 unspecified atom stereocenters. The van der Waals surface area contributed by atoms with Gasteiger partial charge in [-0.25, -0.2) is 0 Å². The molecule has 0 bridgehead atoms. The van der Waals surface area contributed by atoms with Gasteiger partial charge < -0.3 is 4.90 Å². The van der Waals surface area contributed by atoms with E-state index < -0.39 is 0 Å². The van der Waals surface area contributed by atoms with Crippen LogP contribution in [-0.4, -0.2) is 5.54 Å². The third kappa shape index (κ3) is 2.81. The van der Waals surface area contributed by atoms with Gasteiger partial charge in [0.25, 0.3) is 0 Å². The van der Waals surface area contributed by atoms with E-state index in [2.05, 4.69) is 124 Å². The number of anilines is 2. The summed E-state index contributed by atoms with van der Waals surface area (Å²) in [6, 6.07) is 32.8. The summed E-state index contributed by atoms with van der Waals surface area (Å²) in [6.45, 7) is 12.2. The van der Waals surface area contributed by atoms with Gasteiger partial charge in [0.05, 0.1) is 5.54 Å². The molecular weight excluding hydrogens is 470 g/mol. The van der Waals surface area contributed by atoms with Gasteiger partial charge in [0.1, 0.15) is 0 Å². The number of rotatable bonds is 1. The Balaban J connectivity index is 1.35. The molecule has 1 saturated carbocycles. The number of aryl methyl sites for hydroxylation is 1. The second-order valence-electron chi connectivity index (χ2n) is 13.4. The smallest absolute Gasteiger partial charge is 0.0517 e. The average molecular weight is 508 g/mol. The number of benzene rings is 5. The molecule has 2 aliphatic carbocycles. The van der Waals surface area contributed by atoms with Crippen molar-refractivity contribution in [3.05, 3.63) is 107 Å². The van der Waals surface area contributed by atoms with E-state index >= 15 is 0 Å². The summed E-state index contributed by atoms with van der Waals surface area (Å²) >= 11 is 0. The van der Waals surface area contributed by atoms with Crippen molar-refractivity contribution >= 4 is 32.9 Å². The second kappa shape index (κ2) is 7.54. The number of nitrogens with zero attached hydrogens (tertiary/aromatic N) is 1. The third-order valence-electron chi connectivity index (χ3n) is 11.1. The Morgan fingerprint density at radius 1 is 0.641 bits per heavy atom. The average Bonchev–Trinajstić information content (AvgIpc) is 3.29. The molecule has 0 N–H and O–H groups in total. The van der Waals surface area contributed by atoms with Crippen molar-refractivity contribution in [1.82, 2.24) is 0 Å². The molecule has 39 heavy (non-hydrogen) atoms. The van der Waals surface area contributed by atoms with E-state index in [0.29, 0.717) is 0 Å². The first-order valence-corrected chi connectivity index (χ1v) is 14.8. The fraction of sp³-hybridized carbons (Fsp3) is 0.316. The molecule has 5 aromatic rings. The van der Waals surface area contributed by atoms with E-state index in [1.54, 1.807) is 5.56 Å². The molecule has 1 nitrogen and oxygen atoms in total. The zero-order chi connectivity index (χ0) is 26.7. The Morgan fingerprint density at radius 2 is 1.44 bits per heavy atom. The number of hydrogen-bond donors (Lipinski definition) is 0. The lowest BCUT2D eigenvalue weighted by atomic mass is 9.61. The first-order chi connectivity index (χ1) is 18.7. The Kier molecular flexibility index (Phi) is 4.51. The molecule has 8 rings (SSSR count). The van der Waals surface area contributed by atoms with Crippen molar-refractivity contribution in [2.24, 2.45) is 0 Å². The van der Waals surface area contributed by atoms with E-state index in [1.807, 2.05) is 0 Å². The Morgan fingerprint density at radius 3 is 2.31 bits per heavy atom. The molecule has 0 aromatic heterocycles. The minimum atomic E-state index is -0.0485. The van der Waals surface area contributed by atoms with Crippen molar-refractivity contribution in [1.29, 1.82) is 0 Å². The Hall–Kier alpha value is -3.58. The van der Waals surface area contributed by atoms with E-state index in [0.717, 1.165) is 0 Å². The van der Waals surface area contributed by atoms with Gasteiger partial charge in [0.15, 0.2) is 0 Å². The lowest BCUT2D eigenvalue weighted by Gasteiger charge is -2.50. The predicted octanol–water partition coefficient (Wildman–Crippen LogP) is 10.3. The van der Waals surface area contributed by atoms with Crippen LogP contribution in [0, 0.1) is 6.92 Å². The summed E-state index contributed by atoms with van der Waals surface area (Å²) in [4.78, 5) is 2.73. The lowest BCUT2D eigenvalue weighted by Crippen LogP contribution is -2.54. The third-order valence-corrected chi connectivity index (χ3v) is 11.1. The van der Waals surface area contributed by atoms with Gasteiger partial charge in [-0.15, -0.1) is 0 Å². The van der Waals surface area contributed by atoms with Crippen LogP contribution in [0.4, 0.5) is 11.4 Å². The van der Waals surface area contributed by atoms with Crippen molar-refractivity contribution < 1.29 is 0 Å². The minimum absolute atomic E-state index is 0.0485. The van der Waals surface area contributed by atoms with Crippen molar-refractivity contribution in [2.45, 2.75) is 76.7 Å². The van der Waals surface area contributed by atoms with Gasteiger partial charge in [0, 0.05) is 22.2 Å². The topological polar surface area (TPSA) is 3.24 Å². The van der Waals surface area contributed by atoms with E-state index in [1.165, 1.54) is 86.4 Å². The highest BCUT2D eigenvalue weighted by molar-refractivity contribution is 6.14. The van der Waals surface area contributed by atoms with Gasteiger partial charge in [-0.2, -0.15) is 0 Å². The minimum Gasteiger partial charge on any atom is -0.334 e. The number of fused-ring (bicyclic) bond motifs is 10. The quantitative estimate of drug-likeness (QED) is 0.204. The van der Waals surface area contributed by atoms with Crippen LogP contribution in [0.5, 0.6) is 0 Å². The molecule has 5 aromatic carbocycles. The predicted molar refractivity (Wildman–Crippen MR) is 167 cm³/mol. The van der Waals surface area contributed by atoms with E-state index in [-0.39, 0.29) is 16.4 Å². The Labute approximate surface area is 232 Å². The molecular formula is C38H37N. The van der Waals surface area contributed by atoms with Gasteiger partial charge in [-0.05, 0) is 94.3 Å². The van der Waals surface area contributed by atoms with Crippen LogP contribution in [-0.2, 0) is 10.8 Å². The van der Waals surface area contributed by atoms with Crippen LogP contribution in [0.15, 0.2) is 84.9 Å². The molecule has 1 heteroatoms. The van der Waals surface area contributed by atoms with Crippen LogP contribution in [0.3, 0.4) is 0 Å². The van der Waals surface area contributed by atoms with Crippen LogP contribution in [0.1, 0.15) is 75.6 Å². The van der Waals surface area contributed by atoms with Gasteiger partial charge in [0.2, 0.25) is 0 Å². The summed E-state index contributed by atoms with van der Waals surface area (Å²) in [5.74, 6) is 0. The number of hydrogen-bond acceptors (Lipinski definition) is 1. The molecule has 0 amide bonds. The highest BCUT2D eigenvalue weighted by Crippen LogP contribution is 2.62. The van der Waals surface area contributed by atoms with Crippen LogP contribution in [0.2, 0.25) is 0 Å². The fourth-order valence-corrected chi connectivity index (χ4v) is 8.70. The van der Waals surface area contributed by atoms with Crippen LogP contribution in [0.25, 0.3) is 32.7 Å². The first kappa shape index (κ1) is 23.3. The highest BCUT2D eigenvalue weighted by atomic mass is 15.3. The summed E-state index contributed by atoms with van der Waals surface area (Å²) in [5.41, 5.74) is 11.6. The summed E-state index contributed by atoms with van der Waals surface area (Å²) in [7, 11) is 0. The monoisotopic (exact) mass is 507 g/mol. The Bertz CT molecular complexity index is 1840. The van der Waals surface area contributed by atoms with Crippen molar-refractivity contribution in [3.63, 3.8) is 0 Å². The molecule has 2 atom stereocenters. The van der Waals surface area contributed by atoms with Crippen LogP contribution >= 0.6 is 0 Å².